The molecule has 0 aliphatic carbocycles. The molecule has 0 atom stereocenters. The van der Waals surface area contributed by atoms with Crippen molar-refractivity contribution in [3.8, 4) is 5.75 Å². The van der Waals surface area contributed by atoms with E-state index in [4.69, 9.17) is 16.3 Å². The molecular weight excluding hydrogens is 374 g/mol. The second kappa shape index (κ2) is 7.26. The highest BCUT2D eigenvalue weighted by atomic mass is 35.5. The lowest BCUT2D eigenvalue weighted by atomic mass is 10.1. The maximum atomic E-state index is 13.3. The van der Waals surface area contributed by atoms with Crippen LogP contribution in [0.2, 0.25) is 5.02 Å². The van der Waals surface area contributed by atoms with Gasteiger partial charge >= 0.3 is 0 Å². The summed E-state index contributed by atoms with van der Waals surface area (Å²) in [6.07, 6.45) is 3.93. The lowest BCUT2D eigenvalue weighted by molar-refractivity contribution is 0.402. The Hall–Kier alpha value is -2.09. The van der Waals surface area contributed by atoms with Gasteiger partial charge in [0.2, 0.25) is 0 Å². The van der Waals surface area contributed by atoms with Crippen molar-refractivity contribution in [2.24, 2.45) is 0 Å². The zero-order valence-electron chi connectivity index (χ0n) is 14.8. The van der Waals surface area contributed by atoms with E-state index in [9.17, 15) is 8.42 Å². The number of pyridine rings is 1. The number of rotatable bonds is 6. The zero-order valence-corrected chi connectivity index (χ0v) is 16.4. The number of fused-ring (bicyclic) bond motifs is 1. The molecule has 2 aromatic heterocycles. The number of ether oxygens (including phenoxy) is 1. The summed E-state index contributed by atoms with van der Waals surface area (Å²) in [5.74, 6) is 0.238. The molecule has 3 rings (SSSR count). The lowest BCUT2D eigenvalue weighted by Gasteiger charge is -2.11. The fourth-order valence-corrected chi connectivity index (χ4v) is 4.55. The third-order valence-corrected chi connectivity index (χ3v) is 6.01. The van der Waals surface area contributed by atoms with E-state index in [1.807, 2.05) is 25.1 Å². The van der Waals surface area contributed by atoms with Crippen molar-refractivity contribution in [1.82, 2.24) is 13.9 Å². The predicted octanol–water partition coefficient (Wildman–Crippen LogP) is 3.04. The first-order valence-corrected chi connectivity index (χ1v) is 9.85. The molecule has 0 aliphatic rings. The van der Waals surface area contributed by atoms with Crippen molar-refractivity contribution in [2.45, 2.75) is 11.3 Å². The molecular formula is C18H20ClN3O3S. The van der Waals surface area contributed by atoms with Gasteiger partial charge in [0.15, 0.2) is 5.65 Å². The van der Waals surface area contributed by atoms with Gasteiger partial charge in [0, 0.05) is 29.3 Å². The quantitative estimate of drug-likeness (QED) is 0.644. The molecule has 0 radical (unpaired) electrons. The summed E-state index contributed by atoms with van der Waals surface area (Å²) in [6, 6.07) is 8.21. The number of methoxy groups -OCH3 is 1. The Balaban J connectivity index is 2.20. The summed E-state index contributed by atoms with van der Waals surface area (Å²) in [6.45, 7) is 0.800. The van der Waals surface area contributed by atoms with Crippen LogP contribution in [0.5, 0.6) is 5.75 Å². The minimum absolute atomic E-state index is 0.00853. The number of halogens is 1. The minimum Gasteiger partial charge on any atom is -0.495 e. The molecule has 1 aromatic carbocycles. The Kier molecular flexibility index (Phi) is 5.22. The number of hydrogen-bond acceptors (Lipinski definition) is 5. The average molecular weight is 394 g/mol. The summed E-state index contributed by atoms with van der Waals surface area (Å²) in [5, 5.41) is 1.14. The van der Waals surface area contributed by atoms with E-state index in [0.717, 1.165) is 17.5 Å². The molecule has 26 heavy (non-hydrogen) atoms. The summed E-state index contributed by atoms with van der Waals surface area (Å²) < 4.78 is 33.0. The molecule has 0 unspecified atom stereocenters. The van der Waals surface area contributed by atoms with Crippen LogP contribution >= 0.6 is 11.6 Å². The number of nitrogens with zero attached hydrogens (tertiary/aromatic N) is 3. The fourth-order valence-electron chi connectivity index (χ4n) is 2.78. The molecule has 0 N–H and O–H groups in total. The Bertz CT molecular complexity index is 1050. The van der Waals surface area contributed by atoms with Gasteiger partial charge in [-0.25, -0.2) is 17.4 Å². The van der Waals surface area contributed by atoms with Gasteiger partial charge in [-0.05, 0) is 56.4 Å². The first kappa shape index (κ1) is 18.7. The monoisotopic (exact) mass is 393 g/mol. The molecule has 0 saturated carbocycles. The molecule has 138 valence electrons. The summed E-state index contributed by atoms with van der Waals surface area (Å²) in [7, 11) is 1.46. The molecule has 0 saturated heterocycles. The molecule has 8 heteroatoms. The SMILES string of the molecule is COc1ccc(Cl)cc1S(=O)(=O)n1cc(CCN(C)C)c2cccnc21. The zero-order chi connectivity index (χ0) is 18.9. The first-order valence-electron chi connectivity index (χ1n) is 8.03. The van der Waals surface area contributed by atoms with Crippen molar-refractivity contribution >= 4 is 32.7 Å². The third kappa shape index (κ3) is 3.42. The lowest BCUT2D eigenvalue weighted by Crippen LogP contribution is -2.15. The van der Waals surface area contributed by atoms with Gasteiger partial charge in [0.1, 0.15) is 10.6 Å². The topological polar surface area (TPSA) is 64.4 Å². The second-order valence-corrected chi connectivity index (χ2v) is 8.40. The molecule has 3 aromatic rings. The Morgan fingerprint density at radius 3 is 2.73 bits per heavy atom. The molecule has 0 aliphatic heterocycles. The number of aromatic nitrogens is 2. The maximum Gasteiger partial charge on any atom is 0.273 e. The predicted molar refractivity (Wildman–Crippen MR) is 103 cm³/mol. The minimum atomic E-state index is -3.92. The van der Waals surface area contributed by atoms with Crippen molar-refractivity contribution in [3.63, 3.8) is 0 Å². The highest BCUT2D eigenvalue weighted by Gasteiger charge is 2.25. The second-order valence-electron chi connectivity index (χ2n) is 6.18. The van der Waals surface area contributed by atoms with Crippen LogP contribution in [0.15, 0.2) is 47.6 Å². The Morgan fingerprint density at radius 2 is 2.04 bits per heavy atom. The largest absolute Gasteiger partial charge is 0.495 e. The van der Waals surface area contributed by atoms with Gasteiger partial charge in [-0.15, -0.1) is 0 Å². The van der Waals surface area contributed by atoms with Crippen LogP contribution in [0.1, 0.15) is 5.56 Å². The molecule has 0 amide bonds. The number of benzene rings is 1. The van der Waals surface area contributed by atoms with Crippen LogP contribution in [-0.4, -0.2) is 50.0 Å². The number of hydrogen-bond donors (Lipinski definition) is 0. The average Bonchev–Trinajstić information content (AvgIpc) is 2.99. The fraction of sp³-hybridized carbons (Fsp3) is 0.278. The van der Waals surface area contributed by atoms with Crippen LogP contribution in [0.3, 0.4) is 0 Å². The number of likely N-dealkylation sites (N-methyl/N-ethyl adjacent to an activating group) is 1. The Morgan fingerprint density at radius 1 is 1.27 bits per heavy atom. The summed E-state index contributed by atoms with van der Waals surface area (Å²) in [4.78, 5) is 6.35. The van der Waals surface area contributed by atoms with E-state index >= 15 is 0 Å². The van der Waals surface area contributed by atoms with E-state index in [1.165, 1.54) is 17.1 Å². The molecule has 0 fully saturated rings. The van der Waals surface area contributed by atoms with E-state index in [1.54, 1.807) is 30.6 Å². The Labute approximate surface area is 158 Å². The molecule has 2 heterocycles. The highest BCUT2D eigenvalue weighted by molar-refractivity contribution is 7.90. The van der Waals surface area contributed by atoms with Gasteiger partial charge in [0.05, 0.1) is 7.11 Å². The van der Waals surface area contributed by atoms with Crippen LogP contribution in [0, 0.1) is 0 Å². The van der Waals surface area contributed by atoms with Gasteiger partial charge in [-0.2, -0.15) is 0 Å². The standard InChI is InChI=1S/C18H20ClN3O3S/c1-21(2)10-8-13-12-22(18-15(13)5-4-9-20-18)26(23,24)17-11-14(19)6-7-16(17)25-3/h4-7,9,11-12H,8,10H2,1-3H3. The van der Waals surface area contributed by atoms with E-state index in [-0.39, 0.29) is 10.6 Å². The maximum absolute atomic E-state index is 13.3. The van der Waals surface area contributed by atoms with Crippen molar-refractivity contribution < 1.29 is 13.2 Å². The van der Waals surface area contributed by atoms with Crippen LogP contribution < -0.4 is 4.74 Å². The van der Waals surface area contributed by atoms with Crippen molar-refractivity contribution in [1.29, 1.82) is 0 Å². The van der Waals surface area contributed by atoms with Gasteiger partial charge in [-0.3, -0.25) is 0 Å². The van der Waals surface area contributed by atoms with Crippen LogP contribution in [0.4, 0.5) is 0 Å². The first-order chi connectivity index (χ1) is 12.3. The smallest absolute Gasteiger partial charge is 0.273 e. The molecule has 0 spiro atoms. The van der Waals surface area contributed by atoms with Crippen LogP contribution in [-0.2, 0) is 16.4 Å². The van der Waals surface area contributed by atoms with Crippen molar-refractivity contribution in [2.75, 3.05) is 27.7 Å². The van der Waals surface area contributed by atoms with E-state index < -0.39 is 10.0 Å². The summed E-state index contributed by atoms with van der Waals surface area (Å²) >= 11 is 6.02. The van der Waals surface area contributed by atoms with E-state index in [2.05, 4.69) is 4.98 Å². The third-order valence-electron chi connectivity index (χ3n) is 4.11. The normalized spacial score (nSPS) is 12.0. The summed E-state index contributed by atoms with van der Waals surface area (Å²) in [5.41, 5.74) is 1.31. The van der Waals surface area contributed by atoms with Crippen molar-refractivity contribution in [3.05, 3.63) is 53.3 Å². The van der Waals surface area contributed by atoms with Crippen LogP contribution in [0.25, 0.3) is 11.0 Å². The van der Waals surface area contributed by atoms with E-state index in [0.29, 0.717) is 17.1 Å². The highest BCUT2D eigenvalue weighted by Crippen LogP contribution is 2.31. The van der Waals surface area contributed by atoms with Gasteiger partial charge in [0.25, 0.3) is 10.0 Å². The van der Waals surface area contributed by atoms with Gasteiger partial charge < -0.3 is 9.64 Å². The molecule has 6 nitrogen and oxygen atoms in total. The van der Waals surface area contributed by atoms with Gasteiger partial charge in [-0.1, -0.05) is 11.6 Å². The molecule has 0 bridgehead atoms.